The maximum absolute atomic E-state index is 9.48. The van der Waals surface area contributed by atoms with Crippen LogP contribution in [-0.4, -0.2) is 15.1 Å². The van der Waals surface area contributed by atoms with Gasteiger partial charge in [0.2, 0.25) is 0 Å². The summed E-state index contributed by atoms with van der Waals surface area (Å²) in [4.78, 5) is 8.34. The summed E-state index contributed by atoms with van der Waals surface area (Å²) < 4.78 is 0. The number of aromatic hydroxyl groups is 1. The highest BCUT2D eigenvalue weighted by atomic mass is 16.3. The molecule has 0 bridgehead atoms. The van der Waals surface area contributed by atoms with Gasteiger partial charge in [0, 0.05) is 16.8 Å². The molecule has 2 aromatic carbocycles. The lowest BCUT2D eigenvalue weighted by Gasteiger charge is -2.02. The van der Waals surface area contributed by atoms with E-state index >= 15 is 0 Å². The van der Waals surface area contributed by atoms with Gasteiger partial charge in [0.05, 0.1) is 5.69 Å². The van der Waals surface area contributed by atoms with Crippen LogP contribution in [0, 0.1) is 0 Å². The number of nitrogens with one attached hydrogen (secondary N) is 1. The van der Waals surface area contributed by atoms with E-state index in [9.17, 15) is 5.11 Å². The second-order valence-corrected chi connectivity index (χ2v) is 6.14. The average Bonchev–Trinajstić information content (AvgIpc) is 3.04. The fourth-order valence-corrected chi connectivity index (χ4v) is 2.91. The molecule has 3 rings (SSSR count). The number of unbranched alkanes of at least 4 members (excludes halogenated alkanes) is 3. The van der Waals surface area contributed by atoms with E-state index in [1.54, 1.807) is 12.1 Å². The van der Waals surface area contributed by atoms with Gasteiger partial charge in [0.25, 0.3) is 0 Å². The maximum Gasteiger partial charge on any atom is 0.138 e. The number of aromatic amines is 1. The van der Waals surface area contributed by atoms with Crippen LogP contribution in [0.4, 0.5) is 0 Å². The van der Waals surface area contributed by atoms with Gasteiger partial charge in [-0.3, -0.25) is 0 Å². The molecule has 0 aliphatic rings. The van der Waals surface area contributed by atoms with E-state index in [-0.39, 0.29) is 5.75 Å². The van der Waals surface area contributed by atoms with Crippen molar-refractivity contribution in [1.82, 2.24) is 9.97 Å². The minimum atomic E-state index is 0.272. The lowest BCUT2D eigenvalue weighted by Crippen LogP contribution is -1.90. The number of nitrogens with zero attached hydrogens (tertiary/aromatic N) is 1. The Kier molecular flexibility index (Phi) is 5.32. The summed E-state index contributed by atoms with van der Waals surface area (Å²) in [6.45, 7) is 2.23. The van der Waals surface area contributed by atoms with E-state index in [2.05, 4.69) is 24.0 Å². The lowest BCUT2D eigenvalue weighted by atomic mass is 10.1. The second-order valence-electron chi connectivity index (χ2n) is 6.14. The van der Waals surface area contributed by atoms with Crippen LogP contribution in [-0.2, 0) is 6.42 Å². The van der Waals surface area contributed by atoms with Crippen LogP contribution in [0.15, 0.2) is 54.6 Å². The Bertz CT molecular complexity index is 760. The molecule has 0 fully saturated rings. The normalized spacial score (nSPS) is 10.9. The summed E-state index contributed by atoms with van der Waals surface area (Å²) in [5.41, 5.74) is 4.37. The van der Waals surface area contributed by atoms with Crippen molar-refractivity contribution in [2.24, 2.45) is 0 Å². The molecule has 0 atom stereocenters. The molecule has 0 spiro atoms. The van der Waals surface area contributed by atoms with E-state index in [1.807, 2.05) is 30.3 Å². The quantitative estimate of drug-likeness (QED) is 0.559. The molecule has 3 nitrogen and oxygen atoms in total. The molecule has 0 saturated heterocycles. The van der Waals surface area contributed by atoms with Crippen LogP contribution in [0.25, 0.3) is 22.6 Å². The Morgan fingerprint density at radius 1 is 0.875 bits per heavy atom. The molecule has 0 unspecified atom stereocenters. The number of benzene rings is 2. The standard InChI is InChI=1S/C21H24N2O/c1-2-3-4-8-11-19-20(16-9-6-5-7-10-16)23-21(22-19)17-12-14-18(24)15-13-17/h5-7,9-10,12-15,24H,2-4,8,11H2,1H3,(H,22,23). The summed E-state index contributed by atoms with van der Waals surface area (Å²) in [6.07, 6.45) is 5.95. The van der Waals surface area contributed by atoms with Gasteiger partial charge in [0.15, 0.2) is 0 Å². The zero-order valence-corrected chi connectivity index (χ0v) is 14.1. The molecule has 3 heteroatoms. The summed E-state index contributed by atoms with van der Waals surface area (Å²) in [5.74, 6) is 1.13. The maximum atomic E-state index is 9.48. The number of aryl methyl sites for hydroxylation is 1. The third-order valence-corrected chi connectivity index (χ3v) is 4.25. The first-order chi connectivity index (χ1) is 11.8. The highest BCUT2D eigenvalue weighted by Crippen LogP contribution is 2.28. The highest BCUT2D eigenvalue weighted by Gasteiger charge is 2.13. The van der Waals surface area contributed by atoms with Gasteiger partial charge in [0.1, 0.15) is 11.6 Å². The number of hydrogen-bond donors (Lipinski definition) is 2. The molecule has 0 radical (unpaired) electrons. The first-order valence-corrected chi connectivity index (χ1v) is 8.71. The van der Waals surface area contributed by atoms with Crippen LogP contribution >= 0.6 is 0 Å². The van der Waals surface area contributed by atoms with Crippen LogP contribution < -0.4 is 0 Å². The van der Waals surface area contributed by atoms with Gasteiger partial charge in [-0.2, -0.15) is 0 Å². The van der Waals surface area contributed by atoms with Crippen LogP contribution in [0.3, 0.4) is 0 Å². The predicted molar refractivity (Wildman–Crippen MR) is 99.0 cm³/mol. The van der Waals surface area contributed by atoms with Crippen molar-refractivity contribution in [2.45, 2.75) is 39.0 Å². The van der Waals surface area contributed by atoms with Gasteiger partial charge in [-0.25, -0.2) is 4.98 Å². The molecule has 1 aromatic heterocycles. The average molecular weight is 320 g/mol. The number of hydrogen-bond acceptors (Lipinski definition) is 2. The summed E-state index contributed by atoms with van der Waals surface area (Å²) in [6, 6.07) is 17.5. The summed E-state index contributed by atoms with van der Waals surface area (Å²) in [7, 11) is 0. The Morgan fingerprint density at radius 3 is 2.33 bits per heavy atom. The molecular weight excluding hydrogens is 296 g/mol. The molecule has 3 aromatic rings. The van der Waals surface area contributed by atoms with E-state index in [0.717, 1.165) is 29.1 Å². The minimum Gasteiger partial charge on any atom is -0.508 e. The first kappa shape index (κ1) is 16.3. The molecule has 24 heavy (non-hydrogen) atoms. The van der Waals surface area contributed by atoms with Crippen LogP contribution in [0.1, 0.15) is 38.3 Å². The molecule has 2 N–H and O–H groups in total. The fourth-order valence-electron chi connectivity index (χ4n) is 2.91. The van der Waals surface area contributed by atoms with Crippen molar-refractivity contribution in [3.05, 3.63) is 60.3 Å². The zero-order valence-electron chi connectivity index (χ0n) is 14.1. The first-order valence-electron chi connectivity index (χ1n) is 8.71. The minimum absolute atomic E-state index is 0.272. The topological polar surface area (TPSA) is 48.9 Å². The summed E-state index contributed by atoms with van der Waals surface area (Å²) in [5, 5.41) is 9.48. The predicted octanol–water partition coefficient (Wildman–Crippen LogP) is 5.57. The smallest absolute Gasteiger partial charge is 0.138 e. The van der Waals surface area contributed by atoms with Crippen molar-refractivity contribution in [2.75, 3.05) is 0 Å². The fraction of sp³-hybridized carbons (Fsp3) is 0.286. The lowest BCUT2D eigenvalue weighted by molar-refractivity contribution is 0.475. The van der Waals surface area contributed by atoms with Gasteiger partial charge in [-0.15, -0.1) is 0 Å². The van der Waals surface area contributed by atoms with Crippen molar-refractivity contribution < 1.29 is 5.11 Å². The zero-order chi connectivity index (χ0) is 16.8. The second kappa shape index (κ2) is 7.82. The molecule has 0 saturated carbocycles. The molecule has 0 amide bonds. The van der Waals surface area contributed by atoms with Crippen molar-refractivity contribution in [3.8, 4) is 28.4 Å². The number of aromatic nitrogens is 2. The number of phenolic OH excluding ortho intramolecular Hbond substituents is 1. The van der Waals surface area contributed by atoms with E-state index in [4.69, 9.17) is 4.98 Å². The Labute approximate surface area is 143 Å². The summed E-state index contributed by atoms with van der Waals surface area (Å²) >= 11 is 0. The molecule has 124 valence electrons. The number of rotatable bonds is 7. The third kappa shape index (κ3) is 3.85. The number of phenols is 1. The van der Waals surface area contributed by atoms with Crippen molar-refractivity contribution in [1.29, 1.82) is 0 Å². The van der Waals surface area contributed by atoms with Gasteiger partial charge >= 0.3 is 0 Å². The van der Waals surface area contributed by atoms with Crippen LogP contribution in [0.2, 0.25) is 0 Å². The highest BCUT2D eigenvalue weighted by molar-refractivity contribution is 5.67. The van der Waals surface area contributed by atoms with E-state index in [0.29, 0.717) is 0 Å². The molecule has 0 aliphatic heterocycles. The van der Waals surface area contributed by atoms with Gasteiger partial charge in [-0.05, 0) is 37.1 Å². The van der Waals surface area contributed by atoms with Gasteiger partial charge < -0.3 is 10.1 Å². The van der Waals surface area contributed by atoms with E-state index in [1.165, 1.54) is 31.4 Å². The Hall–Kier alpha value is -2.55. The molecule has 0 aliphatic carbocycles. The van der Waals surface area contributed by atoms with Gasteiger partial charge in [-0.1, -0.05) is 56.5 Å². The van der Waals surface area contributed by atoms with Crippen molar-refractivity contribution in [3.63, 3.8) is 0 Å². The Balaban J connectivity index is 1.91. The number of imidazole rings is 1. The monoisotopic (exact) mass is 320 g/mol. The van der Waals surface area contributed by atoms with Crippen molar-refractivity contribution >= 4 is 0 Å². The number of H-pyrrole nitrogens is 1. The molecule has 1 heterocycles. The Morgan fingerprint density at radius 2 is 1.62 bits per heavy atom. The SMILES string of the molecule is CCCCCCc1[nH]c(-c2ccc(O)cc2)nc1-c1ccccc1. The largest absolute Gasteiger partial charge is 0.508 e. The third-order valence-electron chi connectivity index (χ3n) is 4.25. The van der Waals surface area contributed by atoms with E-state index < -0.39 is 0 Å². The van der Waals surface area contributed by atoms with Crippen LogP contribution in [0.5, 0.6) is 5.75 Å². The molecular formula is C21H24N2O.